The summed E-state index contributed by atoms with van der Waals surface area (Å²) in [6.07, 6.45) is 3.34. The molecule has 3 heteroatoms. The number of carbonyl (C=O) groups is 1. The van der Waals surface area contributed by atoms with Crippen LogP contribution in [-0.2, 0) is 11.2 Å². The van der Waals surface area contributed by atoms with Crippen molar-refractivity contribution in [3.8, 4) is 0 Å². The van der Waals surface area contributed by atoms with E-state index < -0.39 is 0 Å². The molecule has 1 aliphatic carbocycles. The van der Waals surface area contributed by atoms with Crippen molar-refractivity contribution in [2.75, 3.05) is 13.6 Å². The third-order valence-electron chi connectivity index (χ3n) is 3.98. The van der Waals surface area contributed by atoms with Crippen molar-refractivity contribution >= 4 is 5.91 Å². The fourth-order valence-electron chi connectivity index (χ4n) is 2.55. The van der Waals surface area contributed by atoms with E-state index in [2.05, 4.69) is 48.3 Å². The third-order valence-corrected chi connectivity index (χ3v) is 3.98. The smallest absolute Gasteiger partial charge is 0.234 e. The van der Waals surface area contributed by atoms with E-state index in [0.717, 1.165) is 19.3 Å². The lowest BCUT2D eigenvalue weighted by Gasteiger charge is -2.28. The summed E-state index contributed by atoms with van der Waals surface area (Å²) in [4.78, 5) is 14.1. The topological polar surface area (TPSA) is 32.3 Å². The Morgan fingerprint density at radius 1 is 1.42 bits per heavy atom. The summed E-state index contributed by atoms with van der Waals surface area (Å²) >= 11 is 0. The van der Waals surface area contributed by atoms with Gasteiger partial charge in [0, 0.05) is 6.04 Å². The molecule has 0 fully saturated rings. The van der Waals surface area contributed by atoms with Crippen LogP contribution in [0.1, 0.15) is 43.9 Å². The number of carbonyl (C=O) groups excluding carboxylic acids is 1. The molecule has 0 aliphatic heterocycles. The minimum atomic E-state index is 0.123. The van der Waals surface area contributed by atoms with Crippen LogP contribution in [0.15, 0.2) is 24.3 Å². The first kappa shape index (κ1) is 14.1. The monoisotopic (exact) mass is 260 g/mol. The van der Waals surface area contributed by atoms with E-state index in [1.165, 1.54) is 11.1 Å². The lowest BCUT2D eigenvalue weighted by Crippen LogP contribution is -2.40. The fraction of sp³-hybridized carbons (Fsp3) is 0.562. The molecule has 1 unspecified atom stereocenters. The van der Waals surface area contributed by atoms with E-state index in [-0.39, 0.29) is 11.9 Å². The number of nitrogens with zero attached hydrogens (tertiary/aromatic N) is 1. The average molecular weight is 260 g/mol. The largest absolute Gasteiger partial charge is 0.348 e. The summed E-state index contributed by atoms with van der Waals surface area (Å²) in [5.41, 5.74) is 2.69. The summed E-state index contributed by atoms with van der Waals surface area (Å²) in [6, 6.07) is 9.04. The molecule has 19 heavy (non-hydrogen) atoms. The van der Waals surface area contributed by atoms with Crippen LogP contribution in [0, 0.1) is 0 Å². The van der Waals surface area contributed by atoms with Gasteiger partial charge in [-0.3, -0.25) is 9.69 Å². The van der Waals surface area contributed by atoms with Crippen LogP contribution < -0.4 is 5.32 Å². The van der Waals surface area contributed by atoms with Gasteiger partial charge in [-0.15, -0.1) is 0 Å². The van der Waals surface area contributed by atoms with E-state index >= 15 is 0 Å². The lowest BCUT2D eigenvalue weighted by atomic mass is 9.88. The summed E-state index contributed by atoms with van der Waals surface area (Å²) < 4.78 is 0. The number of nitrogens with one attached hydrogen (secondary N) is 1. The zero-order chi connectivity index (χ0) is 13.8. The number of hydrogen-bond acceptors (Lipinski definition) is 2. The predicted molar refractivity (Wildman–Crippen MR) is 78.0 cm³/mol. The van der Waals surface area contributed by atoms with Crippen molar-refractivity contribution in [2.45, 2.75) is 45.2 Å². The van der Waals surface area contributed by atoms with Gasteiger partial charge in [0.05, 0.1) is 12.6 Å². The molecule has 0 saturated carbocycles. The maximum Gasteiger partial charge on any atom is 0.234 e. The van der Waals surface area contributed by atoms with E-state index in [9.17, 15) is 4.79 Å². The molecule has 1 aromatic rings. The molecular formula is C16H24N2O. The Bertz CT molecular complexity index is 442. The zero-order valence-corrected chi connectivity index (χ0v) is 12.1. The Balaban J connectivity index is 1.99. The van der Waals surface area contributed by atoms with Gasteiger partial charge in [-0.2, -0.15) is 0 Å². The van der Waals surface area contributed by atoms with Gasteiger partial charge in [0.15, 0.2) is 0 Å². The van der Waals surface area contributed by atoms with Gasteiger partial charge in [0.2, 0.25) is 5.91 Å². The molecule has 3 nitrogen and oxygen atoms in total. The van der Waals surface area contributed by atoms with Crippen LogP contribution in [0.5, 0.6) is 0 Å². The van der Waals surface area contributed by atoms with E-state index in [0.29, 0.717) is 12.6 Å². The van der Waals surface area contributed by atoms with Crippen LogP contribution in [0.2, 0.25) is 0 Å². The van der Waals surface area contributed by atoms with Crippen LogP contribution in [-0.4, -0.2) is 30.4 Å². The third kappa shape index (κ3) is 3.57. The molecule has 0 spiro atoms. The molecule has 1 N–H and O–H groups in total. The van der Waals surface area contributed by atoms with E-state index in [4.69, 9.17) is 0 Å². The van der Waals surface area contributed by atoms with E-state index in [1.54, 1.807) is 0 Å². The van der Waals surface area contributed by atoms with Gasteiger partial charge in [0.1, 0.15) is 0 Å². The van der Waals surface area contributed by atoms with Gasteiger partial charge in [0.25, 0.3) is 0 Å². The summed E-state index contributed by atoms with van der Waals surface area (Å²) in [5, 5.41) is 3.18. The Hall–Kier alpha value is -1.35. The van der Waals surface area contributed by atoms with Crippen molar-refractivity contribution in [1.29, 1.82) is 0 Å². The first-order valence-corrected chi connectivity index (χ1v) is 7.15. The second-order valence-electron chi connectivity index (χ2n) is 5.72. The van der Waals surface area contributed by atoms with Crippen molar-refractivity contribution in [3.05, 3.63) is 35.4 Å². The van der Waals surface area contributed by atoms with Gasteiger partial charge in [-0.1, -0.05) is 24.3 Å². The minimum Gasteiger partial charge on any atom is -0.348 e. The quantitative estimate of drug-likeness (QED) is 0.902. The van der Waals surface area contributed by atoms with Gasteiger partial charge in [-0.05, 0) is 51.3 Å². The maximum atomic E-state index is 12.1. The number of benzene rings is 1. The molecule has 0 heterocycles. The van der Waals surface area contributed by atoms with Crippen LogP contribution in [0.4, 0.5) is 0 Å². The zero-order valence-electron chi connectivity index (χ0n) is 12.1. The van der Waals surface area contributed by atoms with E-state index in [1.807, 2.05) is 7.05 Å². The summed E-state index contributed by atoms with van der Waals surface area (Å²) in [6.45, 7) is 4.67. The summed E-state index contributed by atoms with van der Waals surface area (Å²) in [5.74, 6) is 0.123. The van der Waals surface area contributed by atoms with Crippen molar-refractivity contribution in [3.63, 3.8) is 0 Å². The molecule has 104 valence electrons. The van der Waals surface area contributed by atoms with Crippen LogP contribution >= 0.6 is 0 Å². The highest BCUT2D eigenvalue weighted by Gasteiger charge is 2.21. The number of fused-ring (bicyclic) bond motifs is 1. The number of likely N-dealkylation sites (N-methyl/N-ethyl adjacent to an activating group) is 1. The van der Waals surface area contributed by atoms with Crippen molar-refractivity contribution < 1.29 is 4.79 Å². The Labute approximate surface area is 116 Å². The molecule has 1 amide bonds. The highest BCUT2D eigenvalue weighted by molar-refractivity contribution is 5.78. The van der Waals surface area contributed by atoms with Crippen LogP contribution in [0.3, 0.4) is 0 Å². The standard InChI is InChI=1S/C16H24N2O/c1-12(2)18(3)11-16(19)17-15-10-6-8-13-7-4-5-9-14(13)15/h4-5,7,9,12,15H,6,8,10-11H2,1-3H3,(H,17,19). The Kier molecular flexibility index (Phi) is 4.59. The highest BCUT2D eigenvalue weighted by Crippen LogP contribution is 2.29. The first-order valence-electron chi connectivity index (χ1n) is 7.15. The second-order valence-corrected chi connectivity index (χ2v) is 5.72. The molecule has 0 aromatic heterocycles. The summed E-state index contributed by atoms with van der Waals surface area (Å²) in [7, 11) is 1.99. The fourth-order valence-corrected chi connectivity index (χ4v) is 2.55. The maximum absolute atomic E-state index is 12.1. The molecule has 2 rings (SSSR count). The molecule has 0 saturated heterocycles. The Morgan fingerprint density at radius 2 is 2.16 bits per heavy atom. The van der Waals surface area contributed by atoms with Gasteiger partial charge in [-0.25, -0.2) is 0 Å². The normalized spacial score (nSPS) is 18.5. The minimum absolute atomic E-state index is 0.123. The molecular weight excluding hydrogens is 236 g/mol. The molecule has 1 aromatic carbocycles. The van der Waals surface area contributed by atoms with Gasteiger partial charge < -0.3 is 5.32 Å². The predicted octanol–water partition coefficient (Wildman–Crippen LogP) is 2.52. The van der Waals surface area contributed by atoms with Crippen molar-refractivity contribution in [2.24, 2.45) is 0 Å². The molecule has 1 aliphatic rings. The number of hydrogen-bond donors (Lipinski definition) is 1. The number of amides is 1. The first-order chi connectivity index (χ1) is 9.08. The van der Waals surface area contributed by atoms with Crippen LogP contribution in [0.25, 0.3) is 0 Å². The molecule has 0 bridgehead atoms. The SMILES string of the molecule is CC(C)N(C)CC(=O)NC1CCCc2ccccc21. The molecule has 0 radical (unpaired) electrons. The molecule has 1 atom stereocenters. The Morgan fingerprint density at radius 3 is 2.89 bits per heavy atom. The van der Waals surface area contributed by atoms with Gasteiger partial charge >= 0.3 is 0 Å². The lowest BCUT2D eigenvalue weighted by molar-refractivity contribution is -0.123. The van der Waals surface area contributed by atoms with Crippen molar-refractivity contribution in [1.82, 2.24) is 10.2 Å². The highest BCUT2D eigenvalue weighted by atomic mass is 16.2. The second kappa shape index (κ2) is 6.20. The number of aryl methyl sites for hydroxylation is 1. The average Bonchev–Trinajstić information content (AvgIpc) is 2.39. The number of rotatable bonds is 4.